The average Bonchev–Trinajstić information content (AvgIpc) is 2.77. The van der Waals surface area contributed by atoms with Gasteiger partial charge in [0.15, 0.2) is 11.6 Å². The largest absolute Gasteiger partial charge is 0.432 e. The summed E-state index contributed by atoms with van der Waals surface area (Å²) in [6, 6.07) is 8.97. The molecule has 0 aliphatic heterocycles. The quantitative estimate of drug-likeness (QED) is 0.480. The summed E-state index contributed by atoms with van der Waals surface area (Å²) in [6.07, 6.45) is 0. The van der Waals surface area contributed by atoms with E-state index in [0.29, 0.717) is 0 Å². The van der Waals surface area contributed by atoms with Gasteiger partial charge in [-0.3, -0.25) is 37.9 Å². The van der Waals surface area contributed by atoms with Gasteiger partial charge in [0, 0.05) is 39.6 Å². The molecule has 2 aromatic rings. The predicted molar refractivity (Wildman–Crippen MR) is 110 cm³/mol. The number of carbonyl (C=O) groups is 2. The third-order valence-corrected chi connectivity index (χ3v) is 7.50. The lowest BCUT2D eigenvalue weighted by Crippen LogP contribution is -2.24. The Labute approximate surface area is 173 Å². The molecule has 1 aliphatic carbocycles. The average molecular weight is 454 g/mol. The SMILES string of the molecule is COP(=O)(Nc1cccc2c1C(=O)c1cccc(NP(=O)(OC)OC)c1C2=O)OC. The number of carbonyl (C=O) groups excluding carboxylic acids is 2. The molecule has 3 rings (SSSR count). The van der Waals surface area contributed by atoms with Crippen LogP contribution in [0, 0.1) is 0 Å². The van der Waals surface area contributed by atoms with Crippen LogP contribution in [0.1, 0.15) is 31.8 Å². The van der Waals surface area contributed by atoms with E-state index in [9.17, 15) is 18.7 Å². The zero-order valence-corrected chi connectivity index (χ0v) is 18.4. The smallest absolute Gasteiger partial charge is 0.296 e. The van der Waals surface area contributed by atoms with Crippen molar-refractivity contribution in [3.05, 3.63) is 58.7 Å². The summed E-state index contributed by atoms with van der Waals surface area (Å²) < 4.78 is 44.5. The number of benzene rings is 2. The Bertz CT molecular complexity index is 1010. The highest BCUT2D eigenvalue weighted by molar-refractivity contribution is 7.55. The van der Waals surface area contributed by atoms with E-state index in [1.807, 2.05) is 0 Å². The molecule has 0 unspecified atom stereocenters. The predicted octanol–water partition coefficient (Wildman–Crippen LogP) is 4.09. The van der Waals surface area contributed by atoms with Crippen molar-refractivity contribution in [2.24, 2.45) is 0 Å². The van der Waals surface area contributed by atoms with Crippen molar-refractivity contribution in [2.45, 2.75) is 0 Å². The van der Waals surface area contributed by atoms with Crippen LogP contribution < -0.4 is 10.2 Å². The number of anilines is 2. The molecule has 0 saturated heterocycles. The molecule has 0 aromatic heterocycles. The molecule has 0 amide bonds. The molecule has 0 fully saturated rings. The van der Waals surface area contributed by atoms with Crippen LogP contribution >= 0.6 is 15.5 Å². The van der Waals surface area contributed by atoms with Gasteiger partial charge in [0.1, 0.15) is 0 Å². The summed E-state index contributed by atoms with van der Waals surface area (Å²) >= 11 is 0. The van der Waals surface area contributed by atoms with Crippen LogP contribution in [0.3, 0.4) is 0 Å². The van der Waals surface area contributed by atoms with Crippen molar-refractivity contribution in [1.29, 1.82) is 0 Å². The van der Waals surface area contributed by atoms with Crippen LogP contribution in [0.5, 0.6) is 0 Å². The van der Waals surface area contributed by atoms with Crippen molar-refractivity contribution >= 4 is 38.4 Å². The number of fused-ring (bicyclic) bond motifs is 2. The molecule has 0 saturated carbocycles. The van der Waals surface area contributed by atoms with E-state index >= 15 is 0 Å². The molecule has 12 heteroatoms. The van der Waals surface area contributed by atoms with Crippen LogP contribution in [0.2, 0.25) is 0 Å². The van der Waals surface area contributed by atoms with Gasteiger partial charge in [0.2, 0.25) is 0 Å². The Hall–Kier alpha value is -2.32. The highest BCUT2D eigenvalue weighted by Gasteiger charge is 2.36. The summed E-state index contributed by atoms with van der Waals surface area (Å²) in [5, 5.41) is 5.15. The van der Waals surface area contributed by atoms with E-state index in [-0.39, 0.29) is 33.6 Å². The highest BCUT2D eigenvalue weighted by Crippen LogP contribution is 2.50. The maximum atomic E-state index is 13.3. The van der Waals surface area contributed by atoms with Gasteiger partial charge in [0.05, 0.1) is 22.5 Å². The lowest BCUT2D eigenvalue weighted by molar-refractivity contribution is 0.0980. The second-order valence-electron chi connectivity index (χ2n) is 6.06. The highest BCUT2D eigenvalue weighted by atomic mass is 31.2. The minimum atomic E-state index is -3.72. The van der Waals surface area contributed by atoms with Gasteiger partial charge in [-0.2, -0.15) is 0 Å². The van der Waals surface area contributed by atoms with Gasteiger partial charge < -0.3 is 0 Å². The van der Waals surface area contributed by atoms with Crippen LogP contribution in [-0.4, -0.2) is 40.0 Å². The Morgan fingerprint density at radius 2 is 0.967 bits per heavy atom. The normalized spacial score (nSPS) is 13.6. The van der Waals surface area contributed by atoms with Crippen LogP contribution in [0.4, 0.5) is 11.4 Å². The Morgan fingerprint density at radius 3 is 1.27 bits per heavy atom. The lowest BCUT2D eigenvalue weighted by Gasteiger charge is -2.25. The van der Waals surface area contributed by atoms with E-state index in [1.165, 1.54) is 64.8 Å². The topological polar surface area (TPSA) is 129 Å². The summed E-state index contributed by atoms with van der Waals surface area (Å²) in [5.41, 5.74) is 0.472. The first-order valence-corrected chi connectivity index (χ1v) is 11.7. The fourth-order valence-corrected chi connectivity index (χ4v) is 4.68. The zero-order chi connectivity index (χ0) is 22.1. The third-order valence-electron chi connectivity index (χ3n) is 4.55. The summed E-state index contributed by atoms with van der Waals surface area (Å²) in [6.45, 7) is 0. The maximum Gasteiger partial charge on any atom is 0.432 e. The van der Waals surface area contributed by atoms with Crippen LogP contribution in [0.25, 0.3) is 0 Å². The molecule has 1 aliphatic rings. The Morgan fingerprint density at radius 1 is 0.633 bits per heavy atom. The van der Waals surface area contributed by atoms with Gasteiger partial charge in [0.25, 0.3) is 0 Å². The second-order valence-corrected chi connectivity index (χ2v) is 9.96. The van der Waals surface area contributed by atoms with E-state index in [0.717, 1.165) is 0 Å². The summed E-state index contributed by atoms with van der Waals surface area (Å²) in [4.78, 5) is 26.5. The fraction of sp³-hybridized carbons (Fsp3) is 0.222. The van der Waals surface area contributed by atoms with Gasteiger partial charge in [-0.25, -0.2) is 9.13 Å². The monoisotopic (exact) mass is 454 g/mol. The first-order chi connectivity index (χ1) is 14.2. The number of rotatable bonds is 8. The van der Waals surface area contributed by atoms with Gasteiger partial charge >= 0.3 is 15.5 Å². The molecule has 2 aromatic carbocycles. The molecule has 0 heterocycles. The van der Waals surface area contributed by atoms with E-state index in [2.05, 4.69) is 10.2 Å². The summed E-state index contributed by atoms with van der Waals surface area (Å²) in [7, 11) is -2.68. The lowest BCUT2D eigenvalue weighted by atomic mass is 9.82. The van der Waals surface area contributed by atoms with Gasteiger partial charge in [-0.1, -0.05) is 24.3 Å². The molecule has 0 radical (unpaired) electrons. The third kappa shape index (κ3) is 3.86. The van der Waals surface area contributed by atoms with E-state index < -0.39 is 27.1 Å². The Kier molecular flexibility index (Phi) is 6.29. The molecular weight excluding hydrogens is 434 g/mol. The number of hydrogen-bond donors (Lipinski definition) is 2. The van der Waals surface area contributed by atoms with Crippen molar-refractivity contribution in [3.8, 4) is 0 Å². The minimum absolute atomic E-state index is 0.0307. The van der Waals surface area contributed by atoms with Crippen molar-refractivity contribution in [2.75, 3.05) is 38.6 Å². The van der Waals surface area contributed by atoms with Gasteiger partial charge in [-0.05, 0) is 12.1 Å². The standard InChI is InChI=1S/C18H20N2O8P2/c1-25-29(23,26-2)19-13-9-5-7-11-15(13)17(21)12-8-6-10-14(16(12)18(11)22)20-30(24,27-3)28-4/h5-10H,1-4H3,(H,19,23)(H,20,24). The first-order valence-electron chi connectivity index (χ1n) is 8.57. The molecule has 2 N–H and O–H groups in total. The molecule has 0 atom stereocenters. The van der Waals surface area contributed by atoms with Crippen LogP contribution in [0.15, 0.2) is 36.4 Å². The molecule has 30 heavy (non-hydrogen) atoms. The van der Waals surface area contributed by atoms with Crippen molar-refractivity contribution < 1.29 is 36.8 Å². The molecular formula is C18H20N2O8P2. The molecule has 0 bridgehead atoms. The molecule has 10 nitrogen and oxygen atoms in total. The number of nitrogens with one attached hydrogen (secondary N) is 2. The maximum absolute atomic E-state index is 13.3. The minimum Gasteiger partial charge on any atom is -0.296 e. The first kappa shape index (κ1) is 22.4. The molecule has 0 spiro atoms. The van der Waals surface area contributed by atoms with Crippen molar-refractivity contribution in [3.63, 3.8) is 0 Å². The fourth-order valence-electron chi connectivity index (χ4n) is 3.05. The van der Waals surface area contributed by atoms with Crippen molar-refractivity contribution in [1.82, 2.24) is 0 Å². The molecule has 160 valence electrons. The van der Waals surface area contributed by atoms with E-state index in [1.54, 1.807) is 0 Å². The second kappa shape index (κ2) is 8.43. The van der Waals surface area contributed by atoms with Gasteiger partial charge in [-0.15, -0.1) is 0 Å². The number of hydrogen-bond acceptors (Lipinski definition) is 8. The number of ketones is 2. The zero-order valence-electron chi connectivity index (χ0n) is 16.6. The summed E-state index contributed by atoms with van der Waals surface area (Å²) in [5.74, 6) is -0.982. The van der Waals surface area contributed by atoms with Crippen LogP contribution in [-0.2, 0) is 27.2 Å². The Balaban J connectivity index is 2.14. The van der Waals surface area contributed by atoms with E-state index in [4.69, 9.17) is 18.1 Å².